The number of nitrogens with two attached hydrogens (primary N) is 1. The molecule has 108 valence electrons. The minimum atomic E-state index is -0.475. The first kappa shape index (κ1) is 14.7. The SMILES string of the molecule is CCOC(=O)c1c(NC(C)(C)C2CC2)sc(C#N)c1N. The molecule has 1 aromatic rings. The van der Waals surface area contributed by atoms with Crippen LogP contribution < -0.4 is 11.1 Å². The van der Waals surface area contributed by atoms with E-state index in [-0.39, 0.29) is 17.8 Å². The molecule has 0 spiro atoms. The first-order valence-corrected chi connectivity index (χ1v) is 7.50. The molecule has 3 N–H and O–H groups in total. The molecule has 0 unspecified atom stereocenters. The first-order chi connectivity index (χ1) is 9.40. The standard InChI is InChI=1S/C14H19N3O2S/c1-4-19-13(18)10-11(16)9(7-15)20-12(10)17-14(2,3)8-5-6-8/h8,17H,4-6,16H2,1-3H3. The van der Waals surface area contributed by atoms with E-state index in [1.807, 2.05) is 6.07 Å². The third-order valence-electron chi connectivity index (χ3n) is 3.56. The summed E-state index contributed by atoms with van der Waals surface area (Å²) < 4.78 is 5.04. The molecule has 0 amide bonds. The third kappa shape index (κ3) is 2.73. The van der Waals surface area contributed by atoms with Crippen molar-refractivity contribution < 1.29 is 9.53 Å². The van der Waals surface area contributed by atoms with E-state index in [1.54, 1.807) is 6.92 Å². The molecule has 20 heavy (non-hydrogen) atoms. The maximum absolute atomic E-state index is 12.0. The van der Waals surface area contributed by atoms with E-state index >= 15 is 0 Å². The Kier molecular flexibility index (Phi) is 3.91. The molecule has 1 aliphatic carbocycles. The van der Waals surface area contributed by atoms with E-state index < -0.39 is 5.97 Å². The number of rotatable bonds is 5. The van der Waals surface area contributed by atoms with Crippen molar-refractivity contribution >= 4 is 28.0 Å². The predicted octanol–water partition coefficient (Wildman–Crippen LogP) is 2.98. The summed E-state index contributed by atoms with van der Waals surface area (Å²) in [6, 6.07) is 2.03. The second kappa shape index (κ2) is 5.33. The molecule has 0 bridgehead atoms. The number of nitriles is 1. The number of thiophene rings is 1. The summed E-state index contributed by atoms with van der Waals surface area (Å²) in [7, 11) is 0. The van der Waals surface area contributed by atoms with Gasteiger partial charge in [0.2, 0.25) is 0 Å². The topological polar surface area (TPSA) is 88.1 Å². The van der Waals surface area contributed by atoms with Gasteiger partial charge in [0, 0.05) is 5.54 Å². The van der Waals surface area contributed by atoms with Gasteiger partial charge in [0.05, 0.1) is 12.3 Å². The van der Waals surface area contributed by atoms with Crippen LogP contribution in [0, 0.1) is 17.2 Å². The van der Waals surface area contributed by atoms with Crippen molar-refractivity contribution in [2.45, 2.75) is 39.2 Å². The van der Waals surface area contributed by atoms with Gasteiger partial charge in [-0.25, -0.2) is 4.79 Å². The minimum Gasteiger partial charge on any atom is -0.462 e. The quantitative estimate of drug-likeness (QED) is 0.815. The van der Waals surface area contributed by atoms with Crippen molar-refractivity contribution in [3.8, 4) is 6.07 Å². The van der Waals surface area contributed by atoms with Gasteiger partial charge in [-0.3, -0.25) is 0 Å². The molecule has 6 heteroatoms. The number of hydrogen-bond donors (Lipinski definition) is 2. The fourth-order valence-electron chi connectivity index (χ4n) is 2.22. The van der Waals surface area contributed by atoms with Gasteiger partial charge in [-0.05, 0) is 39.5 Å². The summed E-state index contributed by atoms with van der Waals surface area (Å²) in [5.41, 5.74) is 6.29. The van der Waals surface area contributed by atoms with Crippen LogP contribution in [0.15, 0.2) is 0 Å². The highest BCUT2D eigenvalue weighted by Crippen LogP contribution is 2.44. The molecule has 1 aromatic heterocycles. The van der Waals surface area contributed by atoms with E-state index in [2.05, 4.69) is 19.2 Å². The van der Waals surface area contributed by atoms with Crippen LogP contribution in [0.3, 0.4) is 0 Å². The molecular formula is C14H19N3O2S. The summed E-state index contributed by atoms with van der Waals surface area (Å²) in [6.45, 7) is 6.22. The summed E-state index contributed by atoms with van der Waals surface area (Å²) in [5, 5.41) is 13.1. The lowest BCUT2D eigenvalue weighted by Crippen LogP contribution is -2.33. The number of nitrogens with zero attached hydrogens (tertiary/aromatic N) is 1. The smallest absolute Gasteiger partial charge is 0.343 e. The van der Waals surface area contributed by atoms with E-state index in [0.29, 0.717) is 21.4 Å². The molecule has 1 heterocycles. The Hall–Kier alpha value is -1.74. The Morgan fingerprint density at radius 1 is 1.60 bits per heavy atom. The summed E-state index contributed by atoms with van der Waals surface area (Å²) in [5.74, 6) is 0.114. The average Bonchev–Trinajstić information content (AvgIpc) is 3.16. The molecule has 0 saturated heterocycles. The van der Waals surface area contributed by atoms with Crippen LogP contribution in [0.5, 0.6) is 0 Å². The van der Waals surface area contributed by atoms with E-state index in [1.165, 1.54) is 24.2 Å². The van der Waals surface area contributed by atoms with Crippen molar-refractivity contribution in [3.63, 3.8) is 0 Å². The fraction of sp³-hybridized carbons (Fsp3) is 0.571. The van der Waals surface area contributed by atoms with Crippen molar-refractivity contribution in [2.24, 2.45) is 5.92 Å². The Morgan fingerprint density at radius 2 is 2.25 bits per heavy atom. The Balaban J connectivity index is 2.36. The van der Waals surface area contributed by atoms with Crippen LogP contribution >= 0.6 is 11.3 Å². The maximum atomic E-state index is 12.0. The molecule has 2 rings (SSSR count). The number of nitrogen functional groups attached to an aromatic ring is 1. The number of esters is 1. The van der Waals surface area contributed by atoms with Gasteiger partial charge in [-0.15, -0.1) is 11.3 Å². The summed E-state index contributed by atoms with van der Waals surface area (Å²) in [6.07, 6.45) is 2.36. The van der Waals surface area contributed by atoms with Crippen LogP contribution in [0.25, 0.3) is 0 Å². The molecule has 0 atom stereocenters. The zero-order valence-electron chi connectivity index (χ0n) is 11.9. The summed E-state index contributed by atoms with van der Waals surface area (Å²) >= 11 is 1.21. The predicted molar refractivity (Wildman–Crippen MR) is 79.8 cm³/mol. The Labute approximate surface area is 122 Å². The van der Waals surface area contributed by atoms with Gasteiger partial charge in [-0.1, -0.05) is 0 Å². The average molecular weight is 293 g/mol. The molecule has 0 aromatic carbocycles. The van der Waals surface area contributed by atoms with Gasteiger partial charge in [0.15, 0.2) is 0 Å². The number of nitrogens with one attached hydrogen (secondary N) is 1. The van der Waals surface area contributed by atoms with Crippen LogP contribution in [0.4, 0.5) is 10.7 Å². The Bertz CT molecular complexity index is 568. The van der Waals surface area contributed by atoms with Gasteiger partial charge in [0.1, 0.15) is 21.5 Å². The lowest BCUT2D eigenvalue weighted by atomic mass is 9.99. The van der Waals surface area contributed by atoms with Gasteiger partial charge >= 0.3 is 5.97 Å². The second-order valence-electron chi connectivity index (χ2n) is 5.50. The zero-order chi connectivity index (χ0) is 14.9. The van der Waals surface area contributed by atoms with Crippen LogP contribution in [0.2, 0.25) is 0 Å². The molecule has 0 aliphatic heterocycles. The van der Waals surface area contributed by atoms with Gasteiger partial charge in [-0.2, -0.15) is 5.26 Å². The first-order valence-electron chi connectivity index (χ1n) is 6.68. The molecule has 1 fully saturated rings. The van der Waals surface area contributed by atoms with Crippen molar-refractivity contribution in [2.75, 3.05) is 17.7 Å². The summed E-state index contributed by atoms with van der Waals surface area (Å²) in [4.78, 5) is 12.4. The molecular weight excluding hydrogens is 274 g/mol. The van der Waals surface area contributed by atoms with Crippen LogP contribution in [-0.4, -0.2) is 18.1 Å². The zero-order valence-corrected chi connectivity index (χ0v) is 12.8. The largest absolute Gasteiger partial charge is 0.462 e. The van der Waals surface area contributed by atoms with Gasteiger partial charge < -0.3 is 15.8 Å². The number of ether oxygens (including phenoxy) is 1. The number of carbonyl (C=O) groups excluding carboxylic acids is 1. The van der Waals surface area contributed by atoms with E-state index in [9.17, 15) is 4.79 Å². The van der Waals surface area contributed by atoms with Crippen molar-refractivity contribution in [1.82, 2.24) is 0 Å². The van der Waals surface area contributed by atoms with Crippen LogP contribution in [-0.2, 0) is 4.74 Å². The molecule has 5 nitrogen and oxygen atoms in total. The fourth-order valence-corrected chi connectivity index (χ4v) is 3.29. The lowest BCUT2D eigenvalue weighted by molar-refractivity contribution is 0.0529. The van der Waals surface area contributed by atoms with E-state index in [0.717, 1.165) is 0 Å². The highest BCUT2D eigenvalue weighted by atomic mass is 32.1. The normalized spacial score (nSPS) is 14.7. The highest BCUT2D eigenvalue weighted by molar-refractivity contribution is 7.17. The van der Waals surface area contributed by atoms with Crippen LogP contribution in [0.1, 0.15) is 48.8 Å². The van der Waals surface area contributed by atoms with Gasteiger partial charge in [0.25, 0.3) is 0 Å². The van der Waals surface area contributed by atoms with E-state index in [4.69, 9.17) is 15.7 Å². The monoisotopic (exact) mass is 293 g/mol. The van der Waals surface area contributed by atoms with Crippen molar-refractivity contribution in [3.05, 3.63) is 10.4 Å². The molecule has 1 saturated carbocycles. The molecule has 0 radical (unpaired) electrons. The number of anilines is 2. The number of carbonyl (C=O) groups is 1. The highest BCUT2D eigenvalue weighted by Gasteiger charge is 2.39. The lowest BCUT2D eigenvalue weighted by Gasteiger charge is -2.27. The van der Waals surface area contributed by atoms with Crippen molar-refractivity contribution in [1.29, 1.82) is 5.26 Å². The Morgan fingerprint density at radius 3 is 2.75 bits per heavy atom. The maximum Gasteiger partial charge on any atom is 0.343 e. The minimum absolute atomic E-state index is 0.120. The third-order valence-corrected chi connectivity index (χ3v) is 4.59. The second-order valence-corrected chi connectivity index (χ2v) is 6.52. The number of hydrogen-bond acceptors (Lipinski definition) is 6. The molecule has 1 aliphatic rings.